The van der Waals surface area contributed by atoms with Crippen molar-refractivity contribution in [2.75, 3.05) is 6.54 Å². The van der Waals surface area contributed by atoms with Gasteiger partial charge in [-0.1, -0.05) is 20.8 Å². The molecule has 1 aromatic heterocycles. The van der Waals surface area contributed by atoms with E-state index in [1.54, 1.807) is 0 Å². The Morgan fingerprint density at radius 3 is 2.06 bits per heavy atom. The molecule has 1 fully saturated rings. The Bertz CT molecular complexity index is 372. The van der Waals surface area contributed by atoms with Crippen molar-refractivity contribution in [1.82, 2.24) is 15.3 Å². The number of aromatic nitrogens is 2. The molecule has 1 N–H and O–H groups in total. The van der Waals surface area contributed by atoms with Gasteiger partial charge >= 0.3 is 0 Å². The molecule has 1 aromatic rings. The average molecular weight is 247 g/mol. The van der Waals surface area contributed by atoms with Crippen LogP contribution in [0.3, 0.4) is 0 Å². The highest BCUT2D eigenvalue weighted by atomic mass is 14.9. The molecule has 0 radical (unpaired) electrons. The average Bonchev–Trinajstić information content (AvgIpc) is 3.22. The number of nitrogens with one attached hydrogen (secondary N) is 1. The predicted octanol–water partition coefficient (Wildman–Crippen LogP) is 2.46. The summed E-state index contributed by atoms with van der Waals surface area (Å²) >= 11 is 0. The van der Waals surface area contributed by atoms with Crippen LogP contribution in [0.15, 0.2) is 0 Å². The fraction of sp³-hybridized carbons (Fsp3) is 0.733. The summed E-state index contributed by atoms with van der Waals surface area (Å²) in [6.45, 7) is 7.58. The molecule has 0 amide bonds. The zero-order valence-corrected chi connectivity index (χ0v) is 11.9. The summed E-state index contributed by atoms with van der Waals surface area (Å²) in [6.07, 6.45) is 6.75. The van der Waals surface area contributed by atoms with Crippen molar-refractivity contribution in [3.63, 3.8) is 0 Å². The molecule has 2 rings (SSSR count). The van der Waals surface area contributed by atoms with Gasteiger partial charge < -0.3 is 5.32 Å². The minimum absolute atomic E-state index is 0.788. The van der Waals surface area contributed by atoms with E-state index in [0.717, 1.165) is 44.1 Å². The number of hydrogen-bond acceptors (Lipinski definition) is 3. The monoisotopic (exact) mass is 247 g/mol. The summed E-state index contributed by atoms with van der Waals surface area (Å²) in [5, 5.41) is 3.58. The lowest BCUT2D eigenvalue weighted by Gasteiger charge is -2.13. The topological polar surface area (TPSA) is 37.8 Å². The molecular formula is C15H25N3. The molecule has 0 aliphatic heterocycles. The highest BCUT2D eigenvalue weighted by molar-refractivity contribution is 5.27. The molecule has 1 aliphatic rings. The number of aryl methyl sites for hydroxylation is 3. The second-order valence-electron chi connectivity index (χ2n) is 5.05. The fourth-order valence-corrected chi connectivity index (χ4v) is 2.36. The third-order valence-electron chi connectivity index (χ3n) is 3.60. The van der Waals surface area contributed by atoms with E-state index in [2.05, 4.69) is 26.1 Å². The Kier molecular flexibility index (Phi) is 4.70. The Morgan fingerprint density at radius 2 is 1.61 bits per heavy atom. The lowest BCUT2D eigenvalue weighted by Crippen LogP contribution is -2.21. The Labute approximate surface area is 110 Å². The van der Waals surface area contributed by atoms with E-state index < -0.39 is 0 Å². The summed E-state index contributed by atoms with van der Waals surface area (Å²) in [5.41, 5.74) is 3.91. The van der Waals surface area contributed by atoms with Crippen molar-refractivity contribution >= 4 is 0 Å². The van der Waals surface area contributed by atoms with E-state index in [0.29, 0.717) is 0 Å². The second-order valence-corrected chi connectivity index (χ2v) is 5.05. The van der Waals surface area contributed by atoms with Crippen molar-refractivity contribution in [2.45, 2.75) is 65.3 Å². The van der Waals surface area contributed by atoms with Gasteiger partial charge in [0.2, 0.25) is 0 Å². The zero-order valence-electron chi connectivity index (χ0n) is 11.9. The minimum atomic E-state index is 0.788. The van der Waals surface area contributed by atoms with Crippen LogP contribution in [0.1, 0.15) is 56.4 Å². The molecule has 0 bridgehead atoms. The van der Waals surface area contributed by atoms with Gasteiger partial charge in [-0.25, -0.2) is 9.97 Å². The summed E-state index contributed by atoms with van der Waals surface area (Å²) in [6, 6.07) is 0.788. The molecule has 100 valence electrons. The van der Waals surface area contributed by atoms with Crippen molar-refractivity contribution in [3.05, 3.63) is 22.8 Å². The highest BCUT2D eigenvalue weighted by Crippen LogP contribution is 2.19. The molecule has 18 heavy (non-hydrogen) atoms. The van der Waals surface area contributed by atoms with E-state index in [1.807, 2.05) is 0 Å². The first-order chi connectivity index (χ1) is 8.78. The van der Waals surface area contributed by atoms with Crippen molar-refractivity contribution in [2.24, 2.45) is 0 Å². The van der Waals surface area contributed by atoms with Crippen molar-refractivity contribution < 1.29 is 0 Å². The maximum atomic E-state index is 4.69. The molecule has 1 heterocycles. The normalized spacial score (nSPS) is 15.1. The van der Waals surface area contributed by atoms with Crippen LogP contribution in [-0.4, -0.2) is 22.6 Å². The van der Waals surface area contributed by atoms with Crippen molar-refractivity contribution in [1.29, 1.82) is 0 Å². The Hall–Kier alpha value is -0.960. The van der Waals surface area contributed by atoms with Gasteiger partial charge in [0.05, 0.1) is 0 Å². The first-order valence-corrected chi connectivity index (χ1v) is 7.39. The van der Waals surface area contributed by atoms with E-state index in [4.69, 9.17) is 9.97 Å². The quantitative estimate of drug-likeness (QED) is 0.804. The van der Waals surface area contributed by atoms with Crippen LogP contribution in [0, 0.1) is 0 Å². The summed E-state index contributed by atoms with van der Waals surface area (Å²) < 4.78 is 0. The van der Waals surface area contributed by atoms with Crippen LogP contribution in [0.2, 0.25) is 0 Å². The molecule has 0 unspecified atom stereocenters. The molecule has 0 aromatic carbocycles. The first-order valence-electron chi connectivity index (χ1n) is 7.39. The first kappa shape index (κ1) is 13.5. The van der Waals surface area contributed by atoms with Gasteiger partial charge in [0.25, 0.3) is 0 Å². The number of hydrogen-bond donors (Lipinski definition) is 1. The molecule has 3 nitrogen and oxygen atoms in total. The Morgan fingerprint density at radius 1 is 1.00 bits per heavy atom. The standard InChI is InChI=1S/C15H25N3/c1-4-13-12(9-10-16-11-7-8-11)14(5-2)18-15(6-3)17-13/h11,16H,4-10H2,1-3H3. The van der Waals surface area contributed by atoms with Gasteiger partial charge in [-0.2, -0.15) is 0 Å². The van der Waals surface area contributed by atoms with Crippen LogP contribution < -0.4 is 5.32 Å². The van der Waals surface area contributed by atoms with Crippen molar-refractivity contribution in [3.8, 4) is 0 Å². The van der Waals surface area contributed by atoms with Crippen LogP contribution in [0.4, 0.5) is 0 Å². The molecule has 0 saturated heterocycles. The lowest BCUT2D eigenvalue weighted by atomic mass is 10.0. The highest BCUT2D eigenvalue weighted by Gasteiger charge is 2.20. The van der Waals surface area contributed by atoms with E-state index in [1.165, 1.54) is 29.8 Å². The number of rotatable bonds is 7. The van der Waals surface area contributed by atoms with Gasteiger partial charge in [0.1, 0.15) is 5.82 Å². The van der Waals surface area contributed by atoms with Crippen LogP contribution >= 0.6 is 0 Å². The van der Waals surface area contributed by atoms with Gasteiger partial charge in [-0.05, 0) is 44.2 Å². The van der Waals surface area contributed by atoms with Crippen LogP contribution in [0.5, 0.6) is 0 Å². The summed E-state index contributed by atoms with van der Waals surface area (Å²) in [4.78, 5) is 9.39. The van der Waals surface area contributed by atoms with Gasteiger partial charge in [0, 0.05) is 23.9 Å². The SMILES string of the molecule is CCc1nc(CC)c(CCNC2CC2)c(CC)n1. The van der Waals surface area contributed by atoms with E-state index in [-0.39, 0.29) is 0 Å². The molecule has 0 spiro atoms. The molecule has 0 atom stereocenters. The van der Waals surface area contributed by atoms with Crippen LogP contribution in [-0.2, 0) is 25.7 Å². The van der Waals surface area contributed by atoms with Gasteiger partial charge in [-0.3, -0.25) is 0 Å². The smallest absolute Gasteiger partial charge is 0.128 e. The lowest BCUT2D eigenvalue weighted by molar-refractivity contribution is 0.668. The maximum absolute atomic E-state index is 4.69. The molecule has 1 saturated carbocycles. The molecule has 3 heteroatoms. The zero-order chi connectivity index (χ0) is 13.0. The predicted molar refractivity (Wildman–Crippen MR) is 74.9 cm³/mol. The summed E-state index contributed by atoms with van der Waals surface area (Å²) in [5.74, 6) is 1.00. The van der Waals surface area contributed by atoms with E-state index >= 15 is 0 Å². The fourth-order valence-electron chi connectivity index (χ4n) is 2.36. The minimum Gasteiger partial charge on any atom is -0.314 e. The third-order valence-corrected chi connectivity index (χ3v) is 3.60. The summed E-state index contributed by atoms with van der Waals surface area (Å²) in [7, 11) is 0. The molecule has 1 aliphatic carbocycles. The third kappa shape index (κ3) is 3.29. The number of nitrogens with zero attached hydrogens (tertiary/aromatic N) is 2. The van der Waals surface area contributed by atoms with Crippen LogP contribution in [0.25, 0.3) is 0 Å². The maximum Gasteiger partial charge on any atom is 0.128 e. The van der Waals surface area contributed by atoms with Gasteiger partial charge in [0.15, 0.2) is 0 Å². The largest absolute Gasteiger partial charge is 0.314 e. The Balaban J connectivity index is 2.12. The molecular weight excluding hydrogens is 222 g/mol. The van der Waals surface area contributed by atoms with Gasteiger partial charge in [-0.15, -0.1) is 0 Å². The second kappa shape index (κ2) is 6.28. The van der Waals surface area contributed by atoms with E-state index in [9.17, 15) is 0 Å².